The summed E-state index contributed by atoms with van der Waals surface area (Å²) in [6.45, 7) is 3.89. The Bertz CT molecular complexity index is 751. The number of aryl methyl sites for hydroxylation is 1. The van der Waals surface area contributed by atoms with Crippen molar-refractivity contribution in [2.45, 2.75) is 23.4 Å². The molecule has 2 aromatic heterocycles. The molecule has 1 N–H and O–H groups in total. The Morgan fingerprint density at radius 1 is 1.29 bits per heavy atom. The highest BCUT2D eigenvalue weighted by atomic mass is 32.2. The minimum Gasteiger partial charge on any atom is -0.313 e. The normalized spacial score (nSPS) is 11.1. The first-order valence-electron chi connectivity index (χ1n) is 7.02. The molecule has 1 aromatic carbocycles. The number of pyridine rings is 1. The average Bonchev–Trinajstić information content (AvgIpc) is 2.90. The lowest BCUT2D eigenvalue weighted by atomic mass is 10.1. The van der Waals surface area contributed by atoms with Gasteiger partial charge in [-0.15, -0.1) is 0 Å². The minimum absolute atomic E-state index is 0.830. The largest absolute Gasteiger partial charge is 0.313 e. The Morgan fingerprint density at radius 3 is 2.90 bits per heavy atom. The Balaban J connectivity index is 2.00. The topological polar surface area (TPSA) is 42.7 Å². The van der Waals surface area contributed by atoms with Crippen LogP contribution in [0.4, 0.5) is 0 Å². The lowest BCUT2D eigenvalue weighted by Crippen LogP contribution is -2.12. The number of para-hydroxylation sites is 1. The van der Waals surface area contributed by atoms with Crippen LogP contribution < -0.4 is 5.32 Å². The Kier molecular flexibility index (Phi) is 4.22. The summed E-state index contributed by atoms with van der Waals surface area (Å²) in [4.78, 5) is 5.93. The minimum atomic E-state index is 0.830. The number of fused-ring (bicyclic) bond motifs is 1. The summed E-state index contributed by atoms with van der Waals surface area (Å²) in [5.74, 6) is 0. The molecule has 0 unspecified atom stereocenters. The zero-order valence-corrected chi connectivity index (χ0v) is 13.0. The molecule has 4 nitrogen and oxygen atoms in total. The van der Waals surface area contributed by atoms with Crippen molar-refractivity contribution in [2.75, 3.05) is 6.54 Å². The van der Waals surface area contributed by atoms with Gasteiger partial charge < -0.3 is 5.32 Å². The smallest absolute Gasteiger partial charge is 0.106 e. The third kappa shape index (κ3) is 3.25. The molecule has 0 saturated carbocycles. The highest BCUT2D eigenvalue weighted by Crippen LogP contribution is 2.30. The average molecular weight is 298 g/mol. The van der Waals surface area contributed by atoms with E-state index in [1.165, 1.54) is 10.9 Å². The molecular formula is C16H18N4S. The molecular weight excluding hydrogens is 280 g/mol. The van der Waals surface area contributed by atoms with Crippen LogP contribution in [-0.4, -0.2) is 21.3 Å². The van der Waals surface area contributed by atoms with E-state index in [0.29, 0.717) is 0 Å². The summed E-state index contributed by atoms with van der Waals surface area (Å²) in [7, 11) is 1.93. The first kappa shape index (κ1) is 14.1. The monoisotopic (exact) mass is 298 g/mol. The molecule has 0 aliphatic heterocycles. The van der Waals surface area contributed by atoms with E-state index in [4.69, 9.17) is 4.98 Å². The lowest BCUT2D eigenvalue weighted by molar-refractivity contribution is 0.713. The number of nitrogens with one attached hydrogen (secondary N) is 1. The van der Waals surface area contributed by atoms with Crippen molar-refractivity contribution in [2.24, 2.45) is 7.05 Å². The number of benzene rings is 1. The third-order valence-corrected chi connectivity index (χ3v) is 4.22. The van der Waals surface area contributed by atoms with Gasteiger partial charge in [0.25, 0.3) is 0 Å². The second kappa shape index (κ2) is 6.28. The van der Waals surface area contributed by atoms with Gasteiger partial charge in [-0.05, 0) is 24.2 Å². The van der Waals surface area contributed by atoms with Crippen LogP contribution in [0.3, 0.4) is 0 Å². The van der Waals surface area contributed by atoms with Crippen LogP contribution >= 0.6 is 11.8 Å². The molecule has 3 rings (SSSR count). The SMILES string of the molecule is CCNCc1cc2ccccc2nc1Sc1cnn(C)c1. The van der Waals surface area contributed by atoms with E-state index in [1.54, 1.807) is 11.8 Å². The molecule has 0 fully saturated rings. The first-order valence-corrected chi connectivity index (χ1v) is 7.84. The van der Waals surface area contributed by atoms with Gasteiger partial charge in [0.15, 0.2) is 0 Å². The van der Waals surface area contributed by atoms with Crippen LogP contribution in [0, 0.1) is 0 Å². The molecule has 2 heterocycles. The summed E-state index contributed by atoms with van der Waals surface area (Å²) >= 11 is 1.67. The fraction of sp³-hybridized carbons (Fsp3) is 0.250. The van der Waals surface area contributed by atoms with E-state index in [0.717, 1.165) is 28.5 Å². The van der Waals surface area contributed by atoms with Crippen LogP contribution in [0.25, 0.3) is 10.9 Å². The highest BCUT2D eigenvalue weighted by Gasteiger charge is 2.09. The van der Waals surface area contributed by atoms with E-state index >= 15 is 0 Å². The van der Waals surface area contributed by atoms with Crippen LogP contribution in [0.5, 0.6) is 0 Å². The maximum absolute atomic E-state index is 4.82. The van der Waals surface area contributed by atoms with Crippen molar-refractivity contribution in [1.82, 2.24) is 20.1 Å². The molecule has 0 bridgehead atoms. The Hall–Kier alpha value is -1.85. The quantitative estimate of drug-likeness (QED) is 0.785. The molecule has 0 aliphatic carbocycles. The lowest BCUT2D eigenvalue weighted by Gasteiger charge is -2.10. The van der Waals surface area contributed by atoms with Crippen LogP contribution in [0.1, 0.15) is 12.5 Å². The van der Waals surface area contributed by atoms with Crippen LogP contribution in [-0.2, 0) is 13.6 Å². The van der Waals surface area contributed by atoms with Gasteiger partial charge in [0.05, 0.1) is 16.6 Å². The van der Waals surface area contributed by atoms with E-state index in [1.807, 2.05) is 30.2 Å². The van der Waals surface area contributed by atoms with Gasteiger partial charge >= 0.3 is 0 Å². The maximum atomic E-state index is 4.82. The standard InChI is InChI=1S/C16H18N4S/c1-3-17-9-13-8-12-6-4-5-7-15(12)19-16(13)21-14-10-18-20(2)11-14/h4-8,10-11,17H,3,9H2,1-2H3. The van der Waals surface area contributed by atoms with Gasteiger partial charge in [-0.3, -0.25) is 4.68 Å². The second-order valence-corrected chi connectivity index (χ2v) is 5.94. The summed E-state index contributed by atoms with van der Waals surface area (Å²) in [5.41, 5.74) is 2.26. The van der Waals surface area contributed by atoms with Crippen LogP contribution in [0.15, 0.2) is 52.6 Å². The van der Waals surface area contributed by atoms with Crippen molar-refractivity contribution in [1.29, 1.82) is 0 Å². The van der Waals surface area contributed by atoms with Gasteiger partial charge in [-0.1, -0.05) is 36.9 Å². The van der Waals surface area contributed by atoms with Gasteiger partial charge in [-0.25, -0.2) is 4.98 Å². The van der Waals surface area contributed by atoms with Crippen molar-refractivity contribution < 1.29 is 0 Å². The fourth-order valence-corrected chi connectivity index (χ4v) is 3.11. The molecule has 0 atom stereocenters. The van der Waals surface area contributed by atoms with Gasteiger partial charge in [0.1, 0.15) is 5.03 Å². The summed E-state index contributed by atoms with van der Waals surface area (Å²) in [5, 5.41) is 9.83. The molecule has 5 heteroatoms. The van der Waals surface area contributed by atoms with Crippen molar-refractivity contribution in [3.8, 4) is 0 Å². The highest BCUT2D eigenvalue weighted by molar-refractivity contribution is 7.99. The van der Waals surface area contributed by atoms with Gasteiger partial charge in [0.2, 0.25) is 0 Å². The number of rotatable bonds is 5. The molecule has 0 aliphatic rings. The van der Waals surface area contributed by atoms with Gasteiger partial charge in [0, 0.05) is 25.2 Å². The number of hydrogen-bond donors (Lipinski definition) is 1. The van der Waals surface area contributed by atoms with E-state index in [9.17, 15) is 0 Å². The Morgan fingerprint density at radius 2 is 2.14 bits per heavy atom. The zero-order valence-electron chi connectivity index (χ0n) is 12.2. The molecule has 108 valence electrons. The Labute approximate surface area is 128 Å². The van der Waals surface area contributed by atoms with E-state index in [2.05, 4.69) is 41.6 Å². The van der Waals surface area contributed by atoms with Crippen molar-refractivity contribution >= 4 is 22.7 Å². The molecule has 0 spiro atoms. The predicted molar refractivity (Wildman–Crippen MR) is 86.5 cm³/mol. The van der Waals surface area contributed by atoms with E-state index in [-0.39, 0.29) is 0 Å². The summed E-state index contributed by atoms with van der Waals surface area (Å²) in [6.07, 6.45) is 3.89. The molecule has 0 saturated heterocycles. The van der Waals surface area contributed by atoms with Crippen LogP contribution in [0.2, 0.25) is 0 Å². The zero-order chi connectivity index (χ0) is 14.7. The van der Waals surface area contributed by atoms with E-state index < -0.39 is 0 Å². The first-order chi connectivity index (χ1) is 10.3. The molecule has 0 radical (unpaired) electrons. The number of aromatic nitrogens is 3. The fourth-order valence-electron chi connectivity index (χ4n) is 2.18. The van der Waals surface area contributed by atoms with Gasteiger partial charge in [-0.2, -0.15) is 5.10 Å². The summed E-state index contributed by atoms with van der Waals surface area (Å²) < 4.78 is 1.81. The molecule has 0 amide bonds. The molecule has 3 aromatic rings. The van der Waals surface area contributed by atoms with Crippen molar-refractivity contribution in [3.63, 3.8) is 0 Å². The third-order valence-electron chi connectivity index (χ3n) is 3.22. The number of hydrogen-bond acceptors (Lipinski definition) is 4. The predicted octanol–water partition coefficient (Wildman–Crippen LogP) is 3.23. The maximum Gasteiger partial charge on any atom is 0.106 e. The second-order valence-electron chi connectivity index (χ2n) is 4.88. The number of nitrogens with zero attached hydrogens (tertiary/aromatic N) is 3. The van der Waals surface area contributed by atoms with Crippen molar-refractivity contribution in [3.05, 3.63) is 48.3 Å². The summed E-state index contributed by atoms with van der Waals surface area (Å²) in [6, 6.07) is 10.5. The molecule has 21 heavy (non-hydrogen) atoms.